The van der Waals surface area contributed by atoms with Crippen molar-refractivity contribution in [3.63, 3.8) is 0 Å². The summed E-state index contributed by atoms with van der Waals surface area (Å²) in [6, 6.07) is 25.7. The first-order valence-corrected chi connectivity index (χ1v) is 9.73. The lowest BCUT2D eigenvalue weighted by Gasteiger charge is -2.21. The fraction of sp³-hybridized carbons (Fsp3) is 0.240. The molecule has 0 spiro atoms. The Bertz CT molecular complexity index is 886. The number of amides is 1. The molecule has 0 aliphatic rings. The van der Waals surface area contributed by atoms with Crippen LogP contribution >= 0.6 is 0 Å². The molecule has 1 amide bonds. The van der Waals surface area contributed by atoms with E-state index in [0.29, 0.717) is 6.42 Å². The summed E-state index contributed by atoms with van der Waals surface area (Å²) in [7, 11) is 3.25. The lowest BCUT2D eigenvalue weighted by atomic mass is 9.88. The van der Waals surface area contributed by atoms with Crippen LogP contribution in [0, 0.1) is 0 Å². The van der Waals surface area contributed by atoms with Crippen LogP contribution in [0.15, 0.2) is 78.9 Å². The van der Waals surface area contributed by atoms with Gasteiger partial charge in [0.25, 0.3) is 0 Å². The van der Waals surface area contributed by atoms with Crippen molar-refractivity contribution in [2.24, 2.45) is 0 Å². The Morgan fingerprint density at radius 3 is 1.97 bits per heavy atom. The summed E-state index contributed by atoms with van der Waals surface area (Å²) in [5.41, 5.74) is 3.14. The molecule has 29 heavy (non-hydrogen) atoms. The molecule has 3 aromatic carbocycles. The van der Waals surface area contributed by atoms with Crippen molar-refractivity contribution in [1.82, 2.24) is 5.32 Å². The van der Waals surface area contributed by atoms with E-state index in [1.54, 1.807) is 14.2 Å². The molecule has 3 aromatic rings. The number of rotatable bonds is 8. The third-order valence-corrected chi connectivity index (χ3v) is 5.07. The van der Waals surface area contributed by atoms with Crippen LogP contribution in [0.4, 0.5) is 0 Å². The molecule has 0 saturated heterocycles. The second kappa shape index (κ2) is 9.78. The summed E-state index contributed by atoms with van der Waals surface area (Å²) in [5.74, 6) is 1.44. The molecule has 0 heterocycles. The zero-order chi connectivity index (χ0) is 20.6. The van der Waals surface area contributed by atoms with E-state index < -0.39 is 0 Å². The molecule has 0 aromatic heterocycles. The molecule has 1 N–H and O–H groups in total. The number of benzene rings is 3. The first-order chi connectivity index (χ1) is 14.1. The highest BCUT2D eigenvalue weighted by Gasteiger charge is 2.21. The first-order valence-electron chi connectivity index (χ1n) is 9.73. The summed E-state index contributed by atoms with van der Waals surface area (Å²) in [6.45, 7) is 1.95. The van der Waals surface area contributed by atoms with Crippen molar-refractivity contribution in [2.45, 2.75) is 25.3 Å². The van der Waals surface area contributed by atoms with Crippen molar-refractivity contribution in [2.75, 3.05) is 14.2 Å². The number of nitrogens with one attached hydrogen (secondary N) is 1. The van der Waals surface area contributed by atoms with Gasteiger partial charge in [0.15, 0.2) is 0 Å². The first kappa shape index (κ1) is 20.5. The molecule has 0 bridgehead atoms. The number of carbonyl (C=O) groups excluding carboxylic acids is 1. The van der Waals surface area contributed by atoms with E-state index in [-0.39, 0.29) is 17.9 Å². The van der Waals surface area contributed by atoms with Crippen LogP contribution in [0.2, 0.25) is 0 Å². The molecule has 1 atom stereocenters. The van der Waals surface area contributed by atoms with Gasteiger partial charge in [-0.15, -0.1) is 0 Å². The lowest BCUT2D eigenvalue weighted by molar-refractivity contribution is -0.121. The molecule has 0 aliphatic carbocycles. The summed E-state index contributed by atoms with van der Waals surface area (Å²) < 4.78 is 10.8. The lowest BCUT2D eigenvalue weighted by Crippen LogP contribution is -2.28. The predicted octanol–water partition coefficient (Wildman–Crippen LogP) is 5.10. The summed E-state index contributed by atoms with van der Waals surface area (Å²) in [4.78, 5) is 13.0. The highest BCUT2D eigenvalue weighted by molar-refractivity contribution is 5.78. The maximum atomic E-state index is 13.0. The van der Waals surface area contributed by atoms with Gasteiger partial charge in [-0.1, -0.05) is 60.7 Å². The zero-order valence-electron chi connectivity index (χ0n) is 17.1. The van der Waals surface area contributed by atoms with Crippen LogP contribution in [0.25, 0.3) is 0 Å². The highest BCUT2D eigenvalue weighted by atomic mass is 16.5. The average molecular weight is 389 g/mol. The third kappa shape index (κ3) is 5.17. The van der Waals surface area contributed by atoms with Gasteiger partial charge in [0, 0.05) is 17.9 Å². The van der Waals surface area contributed by atoms with E-state index >= 15 is 0 Å². The Hall–Kier alpha value is -3.27. The number of carbonyl (C=O) groups is 1. The van der Waals surface area contributed by atoms with E-state index in [4.69, 9.17) is 9.47 Å². The molecule has 0 fully saturated rings. The van der Waals surface area contributed by atoms with Gasteiger partial charge >= 0.3 is 0 Å². The van der Waals surface area contributed by atoms with Crippen molar-refractivity contribution in [1.29, 1.82) is 0 Å². The maximum absolute atomic E-state index is 13.0. The number of ether oxygens (including phenoxy) is 2. The predicted molar refractivity (Wildman–Crippen MR) is 115 cm³/mol. The topological polar surface area (TPSA) is 47.6 Å². The molecule has 0 radical (unpaired) electrons. The SMILES string of the molecule is COc1ccc(OC)c(C(C)NC(=O)CC(c2ccccc2)c2ccccc2)c1. The minimum absolute atomic E-state index is 0.00296. The Kier molecular flexibility index (Phi) is 6.90. The van der Waals surface area contributed by atoms with Crippen LogP contribution in [0.5, 0.6) is 11.5 Å². The molecule has 150 valence electrons. The highest BCUT2D eigenvalue weighted by Crippen LogP contribution is 2.31. The fourth-order valence-corrected chi connectivity index (χ4v) is 3.54. The van der Waals surface area contributed by atoms with Gasteiger partial charge in [-0.2, -0.15) is 0 Å². The molecular formula is C25H27NO3. The molecule has 0 aliphatic heterocycles. The Labute approximate surface area is 172 Å². The molecule has 4 nitrogen and oxygen atoms in total. The molecule has 1 unspecified atom stereocenters. The van der Waals surface area contributed by atoms with Gasteiger partial charge in [-0.05, 0) is 36.2 Å². The van der Waals surface area contributed by atoms with Gasteiger partial charge in [0.1, 0.15) is 11.5 Å². The number of hydrogen-bond acceptors (Lipinski definition) is 3. The normalized spacial score (nSPS) is 11.7. The van der Waals surface area contributed by atoms with E-state index in [2.05, 4.69) is 29.6 Å². The van der Waals surface area contributed by atoms with Crippen LogP contribution in [0.1, 0.15) is 42.0 Å². The molecule has 4 heteroatoms. The quantitative estimate of drug-likeness (QED) is 0.583. The number of methoxy groups -OCH3 is 2. The Morgan fingerprint density at radius 1 is 0.862 bits per heavy atom. The van der Waals surface area contributed by atoms with Crippen molar-refractivity contribution in [3.8, 4) is 11.5 Å². The van der Waals surface area contributed by atoms with E-state index in [9.17, 15) is 4.79 Å². The van der Waals surface area contributed by atoms with E-state index in [0.717, 1.165) is 28.2 Å². The van der Waals surface area contributed by atoms with Crippen molar-refractivity contribution < 1.29 is 14.3 Å². The van der Waals surface area contributed by atoms with Gasteiger partial charge in [-0.25, -0.2) is 0 Å². The second-order valence-corrected chi connectivity index (χ2v) is 6.98. The Morgan fingerprint density at radius 2 is 1.45 bits per heavy atom. The molecule has 3 rings (SSSR count). The maximum Gasteiger partial charge on any atom is 0.221 e. The largest absolute Gasteiger partial charge is 0.497 e. The second-order valence-electron chi connectivity index (χ2n) is 6.98. The van der Waals surface area contributed by atoms with E-state index in [1.807, 2.05) is 61.5 Å². The van der Waals surface area contributed by atoms with Gasteiger partial charge in [0.05, 0.1) is 20.3 Å². The van der Waals surface area contributed by atoms with Crippen LogP contribution in [0.3, 0.4) is 0 Å². The van der Waals surface area contributed by atoms with Crippen molar-refractivity contribution in [3.05, 3.63) is 95.6 Å². The van der Waals surface area contributed by atoms with Crippen LogP contribution in [-0.2, 0) is 4.79 Å². The van der Waals surface area contributed by atoms with E-state index in [1.165, 1.54) is 0 Å². The summed E-state index contributed by atoms with van der Waals surface area (Å²) in [6.07, 6.45) is 0.366. The standard InChI is InChI=1S/C25H27NO3/c1-18(22-16-21(28-2)14-15-24(22)29-3)26-25(27)17-23(19-10-6-4-7-11-19)20-12-8-5-9-13-20/h4-16,18,23H,17H2,1-3H3,(H,26,27). The Balaban J connectivity index is 1.79. The van der Waals surface area contributed by atoms with Gasteiger partial charge < -0.3 is 14.8 Å². The zero-order valence-corrected chi connectivity index (χ0v) is 17.1. The fourth-order valence-electron chi connectivity index (χ4n) is 3.54. The minimum atomic E-state index is -0.209. The van der Waals surface area contributed by atoms with Crippen LogP contribution in [-0.4, -0.2) is 20.1 Å². The summed E-state index contributed by atoms with van der Waals surface area (Å²) in [5, 5.41) is 3.12. The number of hydrogen-bond donors (Lipinski definition) is 1. The molecular weight excluding hydrogens is 362 g/mol. The van der Waals surface area contributed by atoms with Gasteiger partial charge in [0.2, 0.25) is 5.91 Å². The summed E-state index contributed by atoms with van der Waals surface area (Å²) >= 11 is 0. The van der Waals surface area contributed by atoms with Crippen LogP contribution < -0.4 is 14.8 Å². The average Bonchev–Trinajstić information content (AvgIpc) is 2.78. The molecule has 0 saturated carbocycles. The minimum Gasteiger partial charge on any atom is -0.497 e. The van der Waals surface area contributed by atoms with Crippen molar-refractivity contribution >= 4 is 5.91 Å². The van der Waals surface area contributed by atoms with Gasteiger partial charge in [-0.3, -0.25) is 4.79 Å². The third-order valence-electron chi connectivity index (χ3n) is 5.07. The monoisotopic (exact) mass is 389 g/mol. The smallest absolute Gasteiger partial charge is 0.221 e.